The zero-order valence-corrected chi connectivity index (χ0v) is 31.0. The Kier molecular flexibility index (Phi) is 36.6. The summed E-state index contributed by atoms with van der Waals surface area (Å²) >= 11 is 0. The predicted molar refractivity (Wildman–Crippen MR) is 205 cm³/mol. The fourth-order valence-corrected chi connectivity index (χ4v) is 5.04. The maximum absolute atomic E-state index is 12.2. The predicted octanol–water partition coefficient (Wildman–Crippen LogP) is 12.2. The van der Waals surface area contributed by atoms with Gasteiger partial charge in [0.1, 0.15) is 6.61 Å². The highest BCUT2D eigenvalue weighted by Crippen LogP contribution is 2.13. The van der Waals surface area contributed by atoms with Crippen molar-refractivity contribution in [3.63, 3.8) is 0 Å². The first-order valence-corrected chi connectivity index (χ1v) is 19.5. The molecule has 0 aromatic heterocycles. The molecule has 0 radical (unpaired) electrons. The maximum atomic E-state index is 12.2. The van der Waals surface area contributed by atoms with Gasteiger partial charge in [0.05, 0.1) is 6.61 Å². The number of unbranched alkanes of at least 4 members (excludes halogenated alkanes) is 14. The van der Waals surface area contributed by atoms with Gasteiger partial charge in [0.25, 0.3) is 0 Å². The molecular weight excluding hydrogens is 596 g/mol. The molecule has 0 amide bonds. The lowest BCUT2D eigenvalue weighted by molar-refractivity contribution is -0.161. The molecule has 5 heteroatoms. The van der Waals surface area contributed by atoms with Crippen LogP contribution in [0.1, 0.15) is 168 Å². The van der Waals surface area contributed by atoms with Gasteiger partial charge < -0.3 is 14.6 Å². The standard InChI is InChI=1S/C43H72O5/c1-3-5-7-9-11-13-15-17-19-20-21-22-24-26-28-30-32-34-36-38-43(46)48-41(39-44)40-47-42(45)37-35-33-31-29-27-25-23-18-16-14-12-10-8-6-4-2/h6,8,11-14,17-19,23,27,29,41,44H,3-5,7,9-10,15-16,20-22,24-26,28,30-40H2,1-2H3/t41-/m0/s1. The Balaban J connectivity index is 3.64. The Labute approximate surface area is 295 Å². The van der Waals surface area contributed by atoms with E-state index in [0.717, 1.165) is 70.6 Å². The van der Waals surface area contributed by atoms with Crippen molar-refractivity contribution in [1.82, 2.24) is 0 Å². The minimum atomic E-state index is -0.793. The second kappa shape index (κ2) is 38.8. The smallest absolute Gasteiger partial charge is 0.306 e. The van der Waals surface area contributed by atoms with E-state index in [1.807, 2.05) is 0 Å². The van der Waals surface area contributed by atoms with Crippen LogP contribution in [-0.4, -0.2) is 36.4 Å². The summed E-state index contributed by atoms with van der Waals surface area (Å²) in [7, 11) is 0. The number of aliphatic hydroxyl groups excluding tert-OH is 1. The highest BCUT2D eigenvalue weighted by atomic mass is 16.6. The molecule has 0 unspecified atom stereocenters. The molecule has 0 aromatic carbocycles. The lowest BCUT2D eigenvalue weighted by Crippen LogP contribution is -2.28. The quantitative estimate of drug-likeness (QED) is 0.0420. The van der Waals surface area contributed by atoms with Crippen molar-refractivity contribution in [3.8, 4) is 0 Å². The first-order chi connectivity index (χ1) is 23.6. The number of rotatable bonds is 34. The Hall–Kier alpha value is -2.66. The van der Waals surface area contributed by atoms with E-state index in [1.54, 1.807) is 0 Å². The van der Waals surface area contributed by atoms with E-state index in [-0.39, 0.29) is 25.2 Å². The normalized spacial score (nSPS) is 13.0. The van der Waals surface area contributed by atoms with Gasteiger partial charge in [-0.05, 0) is 83.5 Å². The molecule has 0 spiro atoms. The van der Waals surface area contributed by atoms with Crippen LogP contribution in [0.5, 0.6) is 0 Å². The lowest BCUT2D eigenvalue weighted by atomic mass is 10.1. The zero-order chi connectivity index (χ0) is 35.0. The third-order valence-electron chi connectivity index (χ3n) is 7.98. The van der Waals surface area contributed by atoms with Gasteiger partial charge in [-0.15, -0.1) is 0 Å². The number of esters is 2. The van der Waals surface area contributed by atoms with E-state index >= 15 is 0 Å². The molecule has 0 saturated carbocycles. The Morgan fingerprint density at radius 3 is 1.40 bits per heavy atom. The first kappa shape index (κ1) is 45.3. The number of hydrogen-bond acceptors (Lipinski definition) is 5. The largest absolute Gasteiger partial charge is 0.462 e. The molecule has 0 aliphatic heterocycles. The molecule has 274 valence electrons. The minimum absolute atomic E-state index is 0.0925. The summed E-state index contributed by atoms with van der Waals surface area (Å²) in [6, 6.07) is 0. The third-order valence-corrected chi connectivity index (χ3v) is 7.98. The molecule has 0 fully saturated rings. The molecule has 0 aliphatic rings. The Bertz CT molecular complexity index is 895. The van der Waals surface area contributed by atoms with Gasteiger partial charge in [0.15, 0.2) is 6.10 Å². The van der Waals surface area contributed by atoms with E-state index in [1.165, 1.54) is 70.6 Å². The van der Waals surface area contributed by atoms with Crippen molar-refractivity contribution in [2.45, 2.75) is 174 Å². The van der Waals surface area contributed by atoms with Crippen LogP contribution in [0.15, 0.2) is 72.9 Å². The lowest BCUT2D eigenvalue weighted by Gasteiger charge is -2.15. The summed E-state index contributed by atoms with van der Waals surface area (Å²) in [6.45, 7) is 3.94. The molecule has 5 nitrogen and oxygen atoms in total. The molecule has 0 saturated heterocycles. The van der Waals surface area contributed by atoms with Crippen LogP contribution in [0.4, 0.5) is 0 Å². The monoisotopic (exact) mass is 669 g/mol. The summed E-state index contributed by atoms with van der Waals surface area (Å²) in [5.74, 6) is -0.650. The summed E-state index contributed by atoms with van der Waals surface area (Å²) in [6.07, 6.45) is 51.0. The molecule has 0 aromatic rings. The van der Waals surface area contributed by atoms with Crippen molar-refractivity contribution in [1.29, 1.82) is 0 Å². The molecule has 1 N–H and O–H groups in total. The van der Waals surface area contributed by atoms with Gasteiger partial charge in [-0.25, -0.2) is 0 Å². The Morgan fingerprint density at radius 1 is 0.500 bits per heavy atom. The van der Waals surface area contributed by atoms with Crippen molar-refractivity contribution in [2.24, 2.45) is 0 Å². The zero-order valence-electron chi connectivity index (χ0n) is 31.0. The van der Waals surface area contributed by atoms with E-state index in [9.17, 15) is 14.7 Å². The molecule has 0 bridgehead atoms. The van der Waals surface area contributed by atoms with Crippen LogP contribution in [0, 0.1) is 0 Å². The summed E-state index contributed by atoms with van der Waals surface area (Å²) < 4.78 is 10.6. The van der Waals surface area contributed by atoms with E-state index < -0.39 is 6.10 Å². The molecule has 0 heterocycles. The van der Waals surface area contributed by atoms with Crippen LogP contribution in [0.25, 0.3) is 0 Å². The van der Waals surface area contributed by atoms with Gasteiger partial charge in [-0.1, -0.05) is 145 Å². The van der Waals surface area contributed by atoms with Crippen LogP contribution < -0.4 is 0 Å². The Morgan fingerprint density at radius 2 is 0.896 bits per heavy atom. The summed E-state index contributed by atoms with van der Waals surface area (Å²) in [5, 5.41) is 9.55. The highest BCUT2D eigenvalue weighted by molar-refractivity contribution is 5.70. The average Bonchev–Trinajstić information content (AvgIpc) is 3.09. The molecule has 48 heavy (non-hydrogen) atoms. The second-order valence-corrected chi connectivity index (χ2v) is 12.6. The van der Waals surface area contributed by atoms with Crippen molar-refractivity contribution < 1.29 is 24.2 Å². The van der Waals surface area contributed by atoms with Gasteiger partial charge in [0.2, 0.25) is 0 Å². The van der Waals surface area contributed by atoms with Gasteiger partial charge in [0, 0.05) is 12.8 Å². The number of hydrogen-bond donors (Lipinski definition) is 1. The summed E-state index contributed by atoms with van der Waals surface area (Å²) in [5.41, 5.74) is 0. The van der Waals surface area contributed by atoms with Crippen LogP contribution in [0.3, 0.4) is 0 Å². The highest BCUT2D eigenvalue weighted by Gasteiger charge is 2.16. The topological polar surface area (TPSA) is 72.8 Å². The van der Waals surface area contributed by atoms with E-state index in [2.05, 4.69) is 86.8 Å². The van der Waals surface area contributed by atoms with Gasteiger partial charge in [-0.3, -0.25) is 9.59 Å². The number of aliphatic hydroxyl groups is 1. The number of carbonyl (C=O) groups excluding carboxylic acids is 2. The second-order valence-electron chi connectivity index (χ2n) is 12.6. The van der Waals surface area contributed by atoms with Crippen molar-refractivity contribution >= 4 is 11.9 Å². The minimum Gasteiger partial charge on any atom is -0.462 e. The number of ether oxygens (including phenoxy) is 2. The molecule has 1 atom stereocenters. The van der Waals surface area contributed by atoms with E-state index in [4.69, 9.17) is 9.47 Å². The number of carbonyl (C=O) groups is 2. The molecular formula is C43H72O5. The first-order valence-electron chi connectivity index (χ1n) is 19.5. The fraction of sp³-hybridized carbons (Fsp3) is 0.674. The third kappa shape index (κ3) is 36.2. The van der Waals surface area contributed by atoms with Crippen molar-refractivity contribution in [2.75, 3.05) is 13.2 Å². The van der Waals surface area contributed by atoms with E-state index in [0.29, 0.717) is 12.8 Å². The average molecular weight is 669 g/mol. The molecule has 0 aliphatic carbocycles. The fourth-order valence-electron chi connectivity index (χ4n) is 5.04. The van der Waals surface area contributed by atoms with Crippen LogP contribution >= 0.6 is 0 Å². The molecule has 0 rings (SSSR count). The van der Waals surface area contributed by atoms with Crippen LogP contribution in [0.2, 0.25) is 0 Å². The SMILES string of the molecule is CCC=CCC=CCC=CCC=CCCCCC(=O)OC[C@H](CO)OC(=O)CCCCCCCCCCCC=CCC=CCCCCC. The van der Waals surface area contributed by atoms with Crippen molar-refractivity contribution in [3.05, 3.63) is 72.9 Å². The summed E-state index contributed by atoms with van der Waals surface area (Å²) in [4.78, 5) is 24.2. The number of allylic oxidation sites excluding steroid dienone is 12. The van der Waals surface area contributed by atoms with Gasteiger partial charge in [-0.2, -0.15) is 0 Å². The van der Waals surface area contributed by atoms with Crippen LogP contribution in [-0.2, 0) is 19.1 Å². The van der Waals surface area contributed by atoms with Gasteiger partial charge >= 0.3 is 11.9 Å². The maximum Gasteiger partial charge on any atom is 0.306 e.